The van der Waals surface area contributed by atoms with Gasteiger partial charge in [-0.1, -0.05) is 0 Å². The molecule has 2 amide bonds. The molecule has 0 atom stereocenters. The molecule has 0 heterocycles. The molecule has 1 fully saturated rings. The molecular weight excluding hydrogens is 250 g/mol. The maximum atomic E-state index is 11.7. The summed E-state index contributed by atoms with van der Waals surface area (Å²) >= 11 is 0. The molecule has 0 unspecified atom stereocenters. The number of carbonyl (C=O) groups excluding carboxylic acids is 1. The summed E-state index contributed by atoms with van der Waals surface area (Å²) in [6.45, 7) is 0.784. The predicted molar refractivity (Wildman–Crippen MR) is 69.9 cm³/mol. The summed E-state index contributed by atoms with van der Waals surface area (Å²) in [6.07, 6.45) is 2.10. The molecule has 0 saturated heterocycles. The van der Waals surface area contributed by atoms with Crippen molar-refractivity contribution in [3.8, 4) is 0 Å². The average molecular weight is 273 g/mol. The first-order valence-corrected chi connectivity index (χ1v) is 6.59. The molecular formula is C12H23N3O4. The normalized spacial score (nSPS) is 23.1. The first kappa shape index (κ1) is 15.7. The molecule has 0 aromatic heterocycles. The van der Waals surface area contributed by atoms with Crippen LogP contribution in [0.1, 0.15) is 25.7 Å². The zero-order valence-corrected chi connectivity index (χ0v) is 11.3. The molecule has 7 nitrogen and oxygen atoms in total. The fourth-order valence-electron chi connectivity index (χ4n) is 2.32. The summed E-state index contributed by atoms with van der Waals surface area (Å²) in [5.41, 5.74) is 0. The van der Waals surface area contributed by atoms with E-state index < -0.39 is 6.09 Å². The monoisotopic (exact) mass is 273 g/mol. The third-order valence-electron chi connectivity index (χ3n) is 3.32. The molecule has 4 N–H and O–H groups in total. The molecule has 0 aromatic rings. The minimum absolute atomic E-state index is 0.00251. The standard InChI is InChI=1S/C12H23N3O4/c1-15(6-7-16)8-11(17)13-9-2-4-10(5-3-9)14-12(18)19/h9-10,14,16H,2-8H2,1H3,(H,13,17)(H,18,19). The molecule has 0 aliphatic heterocycles. The van der Waals surface area contributed by atoms with Gasteiger partial charge in [-0.25, -0.2) is 4.79 Å². The van der Waals surface area contributed by atoms with Crippen molar-refractivity contribution in [2.75, 3.05) is 26.7 Å². The number of aliphatic hydroxyl groups is 1. The van der Waals surface area contributed by atoms with Gasteiger partial charge in [0.2, 0.25) is 5.91 Å². The van der Waals surface area contributed by atoms with Crippen LogP contribution in [0.25, 0.3) is 0 Å². The Hall–Kier alpha value is -1.34. The number of carbonyl (C=O) groups is 2. The number of amides is 2. The van der Waals surface area contributed by atoms with Crippen molar-refractivity contribution >= 4 is 12.0 Å². The van der Waals surface area contributed by atoms with Crippen LogP contribution < -0.4 is 10.6 Å². The third kappa shape index (κ3) is 6.40. The van der Waals surface area contributed by atoms with Gasteiger partial charge in [-0.2, -0.15) is 0 Å². The van der Waals surface area contributed by atoms with Crippen LogP contribution in [0.5, 0.6) is 0 Å². The van der Waals surface area contributed by atoms with E-state index >= 15 is 0 Å². The molecule has 1 saturated carbocycles. The Morgan fingerprint density at radius 2 is 1.68 bits per heavy atom. The fourth-order valence-corrected chi connectivity index (χ4v) is 2.32. The number of hydrogen-bond donors (Lipinski definition) is 4. The highest BCUT2D eigenvalue weighted by Crippen LogP contribution is 2.18. The minimum Gasteiger partial charge on any atom is -0.465 e. The molecule has 0 bridgehead atoms. The lowest BCUT2D eigenvalue weighted by atomic mass is 9.91. The maximum Gasteiger partial charge on any atom is 0.404 e. The first-order valence-electron chi connectivity index (χ1n) is 6.59. The van der Waals surface area contributed by atoms with E-state index in [9.17, 15) is 9.59 Å². The number of likely N-dealkylation sites (N-methyl/N-ethyl adjacent to an activating group) is 1. The van der Waals surface area contributed by atoms with Gasteiger partial charge in [0.05, 0.1) is 13.2 Å². The maximum absolute atomic E-state index is 11.7. The van der Waals surface area contributed by atoms with Crippen molar-refractivity contribution in [3.05, 3.63) is 0 Å². The summed E-state index contributed by atoms with van der Waals surface area (Å²) in [7, 11) is 1.78. The Kier molecular flexibility index (Phi) is 6.58. The van der Waals surface area contributed by atoms with Gasteiger partial charge in [-0.05, 0) is 32.7 Å². The second-order valence-corrected chi connectivity index (χ2v) is 5.03. The van der Waals surface area contributed by atoms with E-state index in [1.165, 1.54) is 0 Å². The summed E-state index contributed by atoms with van der Waals surface area (Å²) < 4.78 is 0. The lowest BCUT2D eigenvalue weighted by molar-refractivity contribution is -0.123. The van der Waals surface area contributed by atoms with Gasteiger partial charge in [0.15, 0.2) is 0 Å². The molecule has 19 heavy (non-hydrogen) atoms. The Morgan fingerprint density at radius 1 is 1.16 bits per heavy atom. The van der Waals surface area contributed by atoms with Crippen molar-refractivity contribution in [2.24, 2.45) is 0 Å². The summed E-state index contributed by atoms with van der Waals surface area (Å²) in [4.78, 5) is 24.0. The van der Waals surface area contributed by atoms with E-state index in [0.717, 1.165) is 25.7 Å². The zero-order valence-electron chi connectivity index (χ0n) is 11.3. The third-order valence-corrected chi connectivity index (χ3v) is 3.32. The second-order valence-electron chi connectivity index (χ2n) is 5.03. The van der Waals surface area contributed by atoms with Crippen LogP contribution in [0, 0.1) is 0 Å². The highest BCUT2D eigenvalue weighted by Gasteiger charge is 2.23. The van der Waals surface area contributed by atoms with E-state index in [2.05, 4.69) is 10.6 Å². The van der Waals surface area contributed by atoms with E-state index in [1.54, 1.807) is 11.9 Å². The Labute approximate surface area is 113 Å². The number of hydrogen-bond acceptors (Lipinski definition) is 4. The molecule has 110 valence electrons. The zero-order chi connectivity index (χ0) is 14.3. The van der Waals surface area contributed by atoms with Crippen LogP contribution in [-0.4, -0.2) is 65.9 Å². The molecule has 0 aromatic carbocycles. The van der Waals surface area contributed by atoms with Crippen LogP contribution >= 0.6 is 0 Å². The van der Waals surface area contributed by atoms with Crippen molar-refractivity contribution in [3.63, 3.8) is 0 Å². The van der Waals surface area contributed by atoms with Crippen LogP contribution in [-0.2, 0) is 4.79 Å². The Bertz CT molecular complexity index is 303. The van der Waals surface area contributed by atoms with Crippen molar-refractivity contribution < 1.29 is 19.8 Å². The minimum atomic E-state index is -0.988. The van der Waals surface area contributed by atoms with Crippen LogP contribution in [0.15, 0.2) is 0 Å². The lowest BCUT2D eigenvalue weighted by Gasteiger charge is -2.29. The molecule has 1 aliphatic rings. The van der Waals surface area contributed by atoms with Crippen molar-refractivity contribution in [2.45, 2.75) is 37.8 Å². The number of nitrogens with zero attached hydrogens (tertiary/aromatic N) is 1. The molecule has 7 heteroatoms. The summed E-state index contributed by atoms with van der Waals surface area (Å²) in [5.74, 6) is -0.0504. The quantitative estimate of drug-likeness (QED) is 0.528. The highest BCUT2D eigenvalue weighted by atomic mass is 16.4. The number of aliphatic hydroxyl groups excluding tert-OH is 1. The topological polar surface area (TPSA) is 102 Å². The van der Waals surface area contributed by atoms with E-state index in [1.807, 2.05) is 0 Å². The lowest BCUT2D eigenvalue weighted by Crippen LogP contribution is -2.46. The van der Waals surface area contributed by atoms with Gasteiger partial charge in [-0.15, -0.1) is 0 Å². The van der Waals surface area contributed by atoms with E-state index in [4.69, 9.17) is 10.2 Å². The van der Waals surface area contributed by atoms with Gasteiger partial charge >= 0.3 is 6.09 Å². The highest BCUT2D eigenvalue weighted by molar-refractivity contribution is 5.78. The SMILES string of the molecule is CN(CCO)CC(=O)NC1CCC(NC(=O)O)CC1. The summed E-state index contributed by atoms with van der Waals surface area (Å²) in [5, 5.41) is 22.8. The Balaban J connectivity index is 2.21. The predicted octanol–water partition coefficient (Wildman–Crippen LogP) is -0.394. The largest absolute Gasteiger partial charge is 0.465 e. The molecule has 1 aliphatic carbocycles. The van der Waals surface area contributed by atoms with Crippen molar-refractivity contribution in [1.82, 2.24) is 15.5 Å². The molecule has 0 spiro atoms. The number of nitrogens with one attached hydrogen (secondary N) is 2. The Morgan fingerprint density at radius 3 is 2.16 bits per heavy atom. The first-order chi connectivity index (χ1) is 9.01. The molecule has 1 rings (SSSR count). The molecule has 0 radical (unpaired) electrons. The average Bonchev–Trinajstić information content (AvgIpc) is 2.31. The number of carboxylic acid groups (broad SMARTS) is 1. The van der Waals surface area contributed by atoms with Gasteiger partial charge in [0.1, 0.15) is 0 Å². The van der Waals surface area contributed by atoms with E-state index in [0.29, 0.717) is 6.54 Å². The van der Waals surface area contributed by atoms with E-state index in [-0.39, 0.29) is 31.1 Å². The van der Waals surface area contributed by atoms with Crippen LogP contribution in [0.2, 0.25) is 0 Å². The second kappa shape index (κ2) is 7.96. The fraction of sp³-hybridized carbons (Fsp3) is 0.833. The summed E-state index contributed by atoms with van der Waals surface area (Å²) in [6, 6.07) is 0.129. The van der Waals surface area contributed by atoms with Gasteiger partial charge in [-0.3, -0.25) is 9.69 Å². The van der Waals surface area contributed by atoms with Crippen molar-refractivity contribution in [1.29, 1.82) is 0 Å². The van der Waals surface area contributed by atoms with Gasteiger partial charge < -0.3 is 20.8 Å². The van der Waals surface area contributed by atoms with Crippen LogP contribution in [0.4, 0.5) is 4.79 Å². The smallest absolute Gasteiger partial charge is 0.404 e. The van der Waals surface area contributed by atoms with Crippen LogP contribution in [0.3, 0.4) is 0 Å². The van der Waals surface area contributed by atoms with Gasteiger partial charge in [0.25, 0.3) is 0 Å². The van der Waals surface area contributed by atoms with Gasteiger partial charge in [0, 0.05) is 18.6 Å². The number of rotatable bonds is 6.